The van der Waals surface area contributed by atoms with Gasteiger partial charge in [-0.3, -0.25) is 9.59 Å². The van der Waals surface area contributed by atoms with E-state index in [1.165, 1.54) is 0 Å². The van der Waals surface area contributed by atoms with E-state index in [2.05, 4.69) is 22.7 Å². The van der Waals surface area contributed by atoms with E-state index in [0.717, 1.165) is 0 Å². The van der Waals surface area contributed by atoms with Crippen LogP contribution >= 0.6 is 12.6 Å². The average Bonchev–Trinajstić information content (AvgIpc) is 2.47. The maximum atomic E-state index is 11.2. The molecule has 1 N–H and O–H groups in total. The van der Waals surface area contributed by atoms with E-state index in [1.807, 2.05) is 0 Å². The Bertz CT molecular complexity index is 195. The third kappa shape index (κ3) is 2.41. The molecule has 0 radical (unpaired) electrons. The lowest BCUT2D eigenvalue weighted by atomic mass is 10.1. The number of thiol groups is 1. The topological polar surface area (TPSA) is 55.4 Å². The van der Waals surface area contributed by atoms with Crippen LogP contribution in [0.15, 0.2) is 0 Å². The van der Waals surface area contributed by atoms with E-state index in [-0.39, 0.29) is 30.8 Å². The molecular formula is C7H11NO3S. The first kappa shape index (κ1) is 9.38. The van der Waals surface area contributed by atoms with Gasteiger partial charge in [-0.2, -0.15) is 12.6 Å². The molecule has 4 nitrogen and oxygen atoms in total. The maximum absolute atomic E-state index is 11.2. The fraction of sp³-hybridized carbons (Fsp3) is 0.714. The molecule has 0 aromatic heterocycles. The number of esters is 1. The van der Waals surface area contributed by atoms with Crippen LogP contribution in [-0.4, -0.2) is 30.8 Å². The summed E-state index contributed by atoms with van der Waals surface area (Å²) in [5.74, 6) is -0.0962. The Labute approximate surface area is 76.1 Å². The molecule has 1 rings (SSSR count). The number of hydrogen-bond acceptors (Lipinski definition) is 4. The predicted molar refractivity (Wildman–Crippen MR) is 45.9 cm³/mol. The largest absolute Gasteiger partial charge is 0.465 e. The van der Waals surface area contributed by atoms with Crippen molar-refractivity contribution in [2.24, 2.45) is 5.92 Å². The predicted octanol–water partition coefficient (Wildman–Crippen LogP) is -0.405. The average molecular weight is 189 g/mol. The van der Waals surface area contributed by atoms with Gasteiger partial charge in [0.2, 0.25) is 5.91 Å². The molecule has 0 spiro atoms. The smallest absolute Gasteiger partial charge is 0.306 e. The molecule has 0 saturated carbocycles. The van der Waals surface area contributed by atoms with E-state index >= 15 is 0 Å². The summed E-state index contributed by atoms with van der Waals surface area (Å²) in [5, 5.41) is 2.65. The molecule has 1 heterocycles. The van der Waals surface area contributed by atoms with Gasteiger partial charge in [0.1, 0.15) is 6.61 Å². The molecule has 12 heavy (non-hydrogen) atoms. The van der Waals surface area contributed by atoms with Gasteiger partial charge in [-0.15, -0.1) is 0 Å². The van der Waals surface area contributed by atoms with Gasteiger partial charge in [-0.1, -0.05) is 0 Å². The van der Waals surface area contributed by atoms with Crippen LogP contribution in [0.3, 0.4) is 0 Å². The third-order valence-electron chi connectivity index (χ3n) is 1.64. The summed E-state index contributed by atoms with van der Waals surface area (Å²) in [6.45, 7) is 0.754. The zero-order chi connectivity index (χ0) is 8.97. The van der Waals surface area contributed by atoms with E-state index in [1.54, 1.807) is 0 Å². The molecule has 1 saturated heterocycles. The second-order valence-electron chi connectivity index (χ2n) is 2.60. The number of carbonyl (C=O) groups excluding carboxylic acids is 2. The zero-order valence-electron chi connectivity index (χ0n) is 6.58. The van der Waals surface area contributed by atoms with E-state index in [0.29, 0.717) is 12.3 Å². The molecule has 1 aliphatic rings. The van der Waals surface area contributed by atoms with Crippen molar-refractivity contribution in [3.63, 3.8) is 0 Å². The number of nitrogens with one attached hydrogen (secondary N) is 1. The van der Waals surface area contributed by atoms with Gasteiger partial charge in [0, 0.05) is 12.3 Å². The lowest BCUT2D eigenvalue weighted by molar-refractivity contribution is -0.137. The fourth-order valence-electron chi connectivity index (χ4n) is 1.00. The number of cyclic esters (lactones) is 1. The highest BCUT2D eigenvalue weighted by atomic mass is 32.1. The van der Waals surface area contributed by atoms with Crippen LogP contribution < -0.4 is 5.32 Å². The molecular weight excluding hydrogens is 178 g/mol. The van der Waals surface area contributed by atoms with E-state index in [4.69, 9.17) is 0 Å². The first-order chi connectivity index (χ1) is 5.74. The van der Waals surface area contributed by atoms with Gasteiger partial charge in [0.15, 0.2) is 0 Å². The monoisotopic (exact) mass is 189 g/mol. The van der Waals surface area contributed by atoms with Crippen LogP contribution in [0.5, 0.6) is 0 Å². The van der Waals surface area contributed by atoms with Crippen molar-refractivity contribution in [1.82, 2.24) is 5.32 Å². The molecule has 0 aliphatic carbocycles. The van der Waals surface area contributed by atoms with Gasteiger partial charge in [-0.05, 0) is 0 Å². The Morgan fingerprint density at radius 1 is 1.75 bits per heavy atom. The standard InChI is InChI=1S/C7H11NO3S/c9-6-3-5(4-11-6)7(10)8-1-2-12/h5,12H,1-4H2,(H,8,10). The molecule has 1 aliphatic heterocycles. The molecule has 0 aromatic carbocycles. The first-order valence-corrected chi connectivity index (χ1v) is 4.41. The lowest BCUT2D eigenvalue weighted by Gasteiger charge is -2.05. The number of carbonyl (C=O) groups is 2. The highest BCUT2D eigenvalue weighted by molar-refractivity contribution is 7.80. The highest BCUT2D eigenvalue weighted by Gasteiger charge is 2.29. The molecule has 1 fully saturated rings. The van der Waals surface area contributed by atoms with Crippen LogP contribution in [-0.2, 0) is 14.3 Å². The minimum absolute atomic E-state index is 0.116. The van der Waals surface area contributed by atoms with Crippen LogP contribution in [0.4, 0.5) is 0 Å². The van der Waals surface area contributed by atoms with Crippen LogP contribution in [0.25, 0.3) is 0 Å². The normalized spacial score (nSPS) is 22.1. The second-order valence-corrected chi connectivity index (χ2v) is 3.05. The Morgan fingerprint density at radius 3 is 3.00 bits per heavy atom. The second kappa shape index (κ2) is 4.35. The lowest BCUT2D eigenvalue weighted by Crippen LogP contribution is -2.32. The number of rotatable bonds is 3. The van der Waals surface area contributed by atoms with Gasteiger partial charge in [-0.25, -0.2) is 0 Å². The summed E-state index contributed by atoms with van der Waals surface area (Å²) >= 11 is 3.94. The minimum Gasteiger partial charge on any atom is -0.465 e. The summed E-state index contributed by atoms with van der Waals surface area (Å²) < 4.78 is 4.65. The highest BCUT2D eigenvalue weighted by Crippen LogP contribution is 2.13. The Kier molecular flexibility index (Phi) is 3.40. The van der Waals surface area contributed by atoms with Crippen molar-refractivity contribution in [3.8, 4) is 0 Å². The summed E-state index contributed by atoms with van der Waals surface area (Å²) in [6.07, 6.45) is 0.207. The van der Waals surface area contributed by atoms with Crippen LogP contribution in [0, 0.1) is 5.92 Å². The quantitative estimate of drug-likeness (QED) is 0.469. The number of amides is 1. The molecule has 0 aromatic rings. The Balaban J connectivity index is 2.28. The number of ether oxygens (including phenoxy) is 1. The minimum atomic E-state index is -0.294. The summed E-state index contributed by atoms with van der Waals surface area (Å²) in [5.41, 5.74) is 0. The molecule has 0 bridgehead atoms. The van der Waals surface area contributed by atoms with Gasteiger partial charge in [0.05, 0.1) is 12.3 Å². The van der Waals surface area contributed by atoms with Gasteiger partial charge < -0.3 is 10.1 Å². The molecule has 1 atom stereocenters. The number of hydrogen-bond donors (Lipinski definition) is 2. The summed E-state index contributed by atoms with van der Waals surface area (Å²) in [7, 11) is 0. The molecule has 5 heteroatoms. The van der Waals surface area contributed by atoms with Crippen LogP contribution in [0.2, 0.25) is 0 Å². The maximum Gasteiger partial charge on any atom is 0.306 e. The van der Waals surface area contributed by atoms with E-state index in [9.17, 15) is 9.59 Å². The Hall–Kier alpha value is -0.710. The van der Waals surface area contributed by atoms with Crippen molar-refractivity contribution >= 4 is 24.5 Å². The van der Waals surface area contributed by atoms with Crippen molar-refractivity contribution in [2.45, 2.75) is 6.42 Å². The van der Waals surface area contributed by atoms with Crippen molar-refractivity contribution < 1.29 is 14.3 Å². The summed E-state index contributed by atoms with van der Waals surface area (Å²) in [6, 6.07) is 0. The van der Waals surface area contributed by atoms with E-state index < -0.39 is 0 Å². The fourth-order valence-corrected chi connectivity index (χ4v) is 1.12. The third-order valence-corrected chi connectivity index (χ3v) is 1.86. The zero-order valence-corrected chi connectivity index (χ0v) is 7.47. The van der Waals surface area contributed by atoms with Crippen LogP contribution in [0.1, 0.15) is 6.42 Å². The Morgan fingerprint density at radius 2 is 2.50 bits per heavy atom. The SMILES string of the molecule is O=C1CC(C(=O)NCCS)CO1. The van der Waals surface area contributed by atoms with Gasteiger partial charge >= 0.3 is 5.97 Å². The molecule has 1 unspecified atom stereocenters. The first-order valence-electron chi connectivity index (χ1n) is 3.78. The summed E-state index contributed by atoms with van der Waals surface area (Å²) in [4.78, 5) is 21.8. The van der Waals surface area contributed by atoms with Crippen molar-refractivity contribution in [1.29, 1.82) is 0 Å². The molecule has 68 valence electrons. The van der Waals surface area contributed by atoms with Crippen molar-refractivity contribution in [2.75, 3.05) is 18.9 Å². The van der Waals surface area contributed by atoms with Gasteiger partial charge in [0.25, 0.3) is 0 Å². The molecule has 1 amide bonds. The van der Waals surface area contributed by atoms with Crippen molar-refractivity contribution in [3.05, 3.63) is 0 Å².